The van der Waals surface area contributed by atoms with Crippen LogP contribution in [0, 0.1) is 0 Å². The molecule has 0 spiro atoms. The second kappa shape index (κ2) is 7.14. The van der Waals surface area contributed by atoms with Crippen LogP contribution in [0.5, 0.6) is 0 Å². The van der Waals surface area contributed by atoms with E-state index in [4.69, 9.17) is 0 Å². The fourth-order valence-electron chi connectivity index (χ4n) is 4.32. The molecule has 9 nitrogen and oxygen atoms in total. The van der Waals surface area contributed by atoms with Crippen LogP contribution in [0.1, 0.15) is 30.9 Å². The molecule has 0 bridgehead atoms. The van der Waals surface area contributed by atoms with Gasteiger partial charge in [-0.1, -0.05) is 6.07 Å². The van der Waals surface area contributed by atoms with Crippen LogP contribution in [0.3, 0.4) is 0 Å². The van der Waals surface area contributed by atoms with E-state index in [0.717, 1.165) is 22.0 Å². The fraction of sp³-hybridized carbons (Fsp3) is 0.474. The number of amides is 3. The zero-order valence-corrected chi connectivity index (χ0v) is 15.6. The highest BCUT2D eigenvalue weighted by Gasteiger charge is 2.36. The largest absolute Gasteiger partial charge is 0.465 e. The summed E-state index contributed by atoms with van der Waals surface area (Å²) in [5, 5.41) is 19.6. The average Bonchev–Trinajstić information content (AvgIpc) is 3.10. The molecule has 0 saturated carbocycles. The summed E-state index contributed by atoms with van der Waals surface area (Å²) in [7, 11) is 0. The molecule has 4 rings (SSSR count). The third-order valence-corrected chi connectivity index (χ3v) is 5.81. The van der Waals surface area contributed by atoms with E-state index in [-0.39, 0.29) is 17.9 Å². The Morgan fingerprint density at radius 3 is 2.71 bits per heavy atom. The van der Waals surface area contributed by atoms with Crippen LogP contribution in [0.2, 0.25) is 0 Å². The van der Waals surface area contributed by atoms with Crippen molar-refractivity contribution < 1.29 is 19.5 Å². The van der Waals surface area contributed by atoms with E-state index >= 15 is 0 Å². The molecule has 0 aliphatic carbocycles. The van der Waals surface area contributed by atoms with Gasteiger partial charge in [0.05, 0.1) is 11.7 Å². The number of hydrogen-bond acceptors (Lipinski definition) is 4. The first-order valence-electron chi connectivity index (χ1n) is 9.43. The second-order valence-corrected chi connectivity index (χ2v) is 7.44. The van der Waals surface area contributed by atoms with Crippen molar-refractivity contribution >= 4 is 28.8 Å². The molecule has 1 saturated heterocycles. The minimum atomic E-state index is -1.21. The van der Waals surface area contributed by atoms with Crippen LogP contribution in [0.25, 0.3) is 10.9 Å². The first-order chi connectivity index (χ1) is 13.4. The second-order valence-electron chi connectivity index (χ2n) is 7.44. The average molecular weight is 385 g/mol. The van der Waals surface area contributed by atoms with Crippen molar-refractivity contribution in [3.8, 4) is 0 Å². The Balaban J connectivity index is 1.68. The molecule has 1 aromatic heterocycles. The van der Waals surface area contributed by atoms with Gasteiger partial charge in [-0.25, -0.2) is 4.79 Å². The molecule has 1 atom stereocenters. The molecule has 148 valence electrons. The van der Waals surface area contributed by atoms with E-state index in [1.165, 1.54) is 0 Å². The number of nitrogens with zero attached hydrogens (tertiary/aromatic N) is 3. The van der Waals surface area contributed by atoms with Crippen molar-refractivity contribution in [3.63, 3.8) is 0 Å². The van der Waals surface area contributed by atoms with Crippen molar-refractivity contribution in [2.24, 2.45) is 0 Å². The van der Waals surface area contributed by atoms with Gasteiger partial charge in [0.1, 0.15) is 6.04 Å². The molecular weight excluding hydrogens is 362 g/mol. The van der Waals surface area contributed by atoms with Crippen LogP contribution < -0.4 is 5.32 Å². The summed E-state index contributed by atoms with van der Waals surface area (Å²) in [6.07, 6.45) is 2.21. The predicted octanol–water partition coefficient (Wildman–Crippen LogP) is 1.09. The number of nitrogens with one attached hydrogen (secondary N) is 2. The minimum Gasteiger partial charge on any atom is -0.465 e. The van der Waals surface area contributed by atoms with Gasteiger partial charge in [-0.2, -0.15) is 5.10 Å². The quantitative estimate of drug-likeness (QED) is 0.715. The Labute approximate surface area is 161 Å². The van der Waals surface area contributed by atoms with E-state index < -0.39 is 12.1 Å². The van der Waals surface area contributed by atoms with Crippen molar-refractivity contribution in [1.29, 1.82) is 0 Å². The standard InChI is InChI=1S/C19H23N5O4/c1-11(25)23-6-4-13(5-7-23)24-10-15-12(2-3-16-14(15)9-20-22-16)8-17(18(24)26)21-19(27)28/h2-3,9,13,17,21H,4-8,10H2,1H3,(H,20,22)(H,27,28). The Morgan fingerprint density at radius 2 is 2.04 bits per heavy atom. The highest BCUT2D eigenvalue weighted by atomic mass is 16.4. The Hall–Kier alpha value is -3.10. The van der Waals surface area contributed by atoms with E-state index in [1.54, 1.807) is 22.9 Å². The van der Waals surface area contributed by atoms with Crippen molar-refractivity contribution in [1.82, 2.24) is 25.3 Å². The number of aromatic nitrogens is 2. The smallest absolute Gasteiger partial charge is 0.405 e. The van der Waals surface area contributed by atoms with Crippen LogP contribution in [0.15, 0.2) is 18.3 Å². The molecule has 0 radical (unpaired) electrons. The minimum absolute atomic E-state index is 0.0331. The molecule has 9 heteroatoms. The molecule has 2 aliphatic rings. The topological polar surface area (TPSA) is 119 Å². The van der Waals surface area contributed by atoms with Gasteiger partial charge in [0, 0.05) is 44.4 Å². The van der Waals surface area contributed by atoms with Crippen LogP contribution >= 0.6 is 0 Å². The first-order valence-corrected chi connectivity index (χ1v) is 9.43. The lowest BCUT2D eigenvalue weighted by atomic mass is 9.98. The number of likely N-dealkylation sites (tertiary alicyclic amines) is 1. The first kappa shape index (κ1) is 18.3. The number of H-pyrrole nitrogens is 1. The summed E-state index contributed by atoms with van der Waals surface area (Å²) >= 11 is 0. The third-order valence-electron chi connectivity index (χ3n) is 5.81. The summed E-state index contributed by atoms with van der Waals surface area (Å²) < 4.78 is 0. The lowest BCUT2D eigenvalue weighted by molar-refractivity contribution is -0.138. The van der Waals surface area contributed by atoms with Gasteiger partial charge < -0.3 is 20.2 Å². The molecule has 1 aromatic carbocycles. The maximum absolute atomic E-state index is 13.2. The zero-order valence-electron chi connectivity index (χ0n) is 15.6. The van der Waals surface area contributed by atoms with Crippen molar-refractivity contribution in [2.45, 2.75) is 44.8 Å². The highest BCUT2D eigenvalue weighted by molar-refractivity contribution is 5.89. The van der Waals surface area contributed by atoms with Crippen molar-refractivity contribution in [3.05, 3.63) is 29.5 Å². The van der Waals surface area contributed by atoms with E-state index in [2.05, 4.69) is 15.5 Å². The van der Waals surface area contributed by atoms with Crippen LogP contribution in [0.4, 0.5) is 4.79 Å². The molecule has 2 aromatic rings. The lowest BCUT2D eigenvalue weighted by Crippen LogP contribution is -2.53. The van der Waals surface area contributed by atoms with Gasteiger partial charge in [-0.15, -0.1) is 0 Å². The maximum atomic E-state index is 13.2. The van der Waals surface area contributed by atoms with Gasteiger partial charge in [0.15, 0.2) is 0 Å². The van der Waals surface area contributed by atoms with Gasteiger partial charge in [-0.3, -0.25) is 14.7 Å². The maximum Gasteiger partial charge on any atom is 0.405 e. The number of carbonyl (C=O) groups excluding carboxylic acids is 2. The number of piperidine rings is 1. The summed E-state index contributed by atoms with van der Waals surface area (Å²) in [5.74, 6) is -0.173. The summed E-state index contributed by atoms with van der Waals surface area (Å²) in [5.41, 5.74) is 2.84. The molecule has 3 N–H and O–H groups in total. The third kappa shape index (κ3) is 3.28. The van der Waals surface area contributed by atoms with Crippen LogP contribution in [-0.2, 0) is 22.6 Å². The van der Waals surface area contributed by atoms with Crippen LogP contribution in [-0.4, -0.2) is 68.2 Å². The molecule has 1 fully saturated rings. The summed E-state index contributed by atoms with van der Waals surface area (Å²) in [6, 6.07) is 2.98. The number of carbonyl (C=O) groups is 3. The SMILES string of the molecule is CC(=O)N1CCC(N2Cc3c(ccc4[nH]ncc34)CC(NC(=O)O)C2=O)CC1. The predicted molar refractivity (Wildman–Crippen MR) is 101 cm³/mol. The Morgan fingerprint density at radius 1 is 1.29 bits per heavy atom. The lowest BCUT2D eigenvalue weighted by Gasteiger charge is -2.38. The number of fused-ring (bicyclic) bond motifs is 3. The van der Waals surface area contributed by atoms with E-state index in [0.29, 0.717) is 38.9 Å². The van der Waals surface area contributed by atoms with E-state index in [1.807, 2.05) is 12.1 Å². The number of benzene rings is 1. The molecule has 3 heterocycles. The van der Waals surface area contributed by atoms with Gasteiger partial charge in [-0.05, 0) is 30.0 Å². The monoisotopic (exact) mass is 385 g/mol. The number of aromatic amines is 1. The van der Waals surface area contributed by atoms with Gasteiger partial charge in [0.25, 0.3) is 0 Å². The molecular formula is C19H23N5O4. The summed E-state index contributed by atoms with van der Waals surface area (Å²) in [6.45, 7) is 3.16. The Kier molecular flexibility index (Phi) is 4.66. The molecule has 3 amide bonds. The molecule has 2 aliphatic heterocycles. The van der Waals surface area contributed by atoms with Gasteiger partial charge >= 0.3 is 6.09 Å². The van der Waals surface area contributed by atoms with E-state index in [9.17, 15) is 19.5 Å². The van der Waals surface area contributed by atoms with Crippen molar-refractivity contribution in [2.75, 3.05) is 13.1 Å². The molecule has 1 unspecified atom stereocenters. The molecule has 28 heavy (non-hydrogen) atoms. The number of hydrogen-bond donors (Lipinski definition) is 3. The Bertz CT molecular complexity index is 932. The number of carboxylic acid groups (broad SMARTS) is 1. The summed E-state index contributed by atoms with van der Waals surface area (Å²) in [4.78, 5) is 39.7. The zero-order chi connectivity index (χ0) is 19.8. The number of rotatable bonds is 2. The fourth-order valence-corrected chi connectivity index (χ4v) is 4.32. The van der Waals surface area contributed by atoms with Gasteiger partial charge in [0.2, 0.25) is 11.8 Å². The highest BCUT2D eigenvalue weighted by Crippen LogP contribution is 2.30. The normalized spacial score (nSPS) is 20.8.